The molecule has 23 heavy (non-hydrogen) atoms. The van der Waals surface area contributed by atoms with Crippen LogP contribution in [0.2, 0.25) is 0 Å². The van der Waals surface area contributed by atoms with Gasteiger partial charge in [-0.15, -0.1) is 0 Å². The van der Waals surface area contributed by atoms with Crippen LogP contribution in [0.5, 0.6) is 0 Å². The van der Waals surface area contributed by atoms with Crippen molar-refractivity contribution in [1.29, 1.82) is 0 Å². The lowest BCUT2D eigenvalue weighted by Crippen LogP contribution is -2.45. The number of nitrogens with zero attached hydrogens (tertiary/aromatic N) is 1. The predicted octanol–water partition coefficient (Wildman–Crippen LogP) is 1.67. The van der Waals surface area contributed by atoms with E-state index in [9.17, 15) is 23.1 Å². The van der Waals surface area contributed by atoms with Gasteiger partial charge in [0.15, 0.2) is 9.84 Å². The quantitative estimate of drug-likeness (QED) is 0.774. The molecule has 2 fully saturated rings. The van der Waals surface area contributed by atoms with Gasteiger partial charge in [-0.05, 0) is 46.5 Å². The van der Waals surface area contributed by atoms with Crippen LogP contribution in [0.4, 0.5) is 4.79 Å². The number of carboxylic acids is 1. The molecule has 2 aliphatic rings. The number of carbonyl (C=O) groups is 2. The summed E-state index contributed by atoms with van der Waals surface area (Å²) < 4.78 is 29.1. The fourth-order valence-electron chi connectivity index (χ4n) is 3.60. The molecular weight excluding hydrogens is 322 g/mol. The standard InChI is InChI=1S/C15H25NO6S/c1-14(2,3)22-13(19)16-8-4-6-15(7-9-16)11(12(17)18)5-10-23(15,20)21/h11H,4-10H2,1-3H3,(H,17,18). The van der Waals surface area contributed by atoms with Crippen molar-refractivity contribution in [2.75, 3.05) is 18.8 Å². The van der Waals surface area contributed by atoms with Crippen LogP contribution in [0.25, 0.3) is 0 Å². The summed E-state index contributed by atoms with van der Waals surface area (Å²) in [5, 5.41) is 9.41. The lowest BCUT2D eigenvalue weighted by atomic mass is 9.84. The van der Waals surface area contributed by atoms with Gasteiger partial charge in [0.25, 0.3) is 0 Å². The molecule has 8 heteroatoms. The number of carboxylic acid groups (broad SMARTS) is 1. The summed E-state index contributed by atoms with van der Waals surface area (Å²) >= 11 is 0. The third-order valence-electron chi connectivity index (χ3n) is 4.71. The second kappa shape index (κ2) is 5.96. The van der Waals surface area contributed by atoms with Crippen LogP contribution >= 0.6 is 0 Å². The molecule has 2 saturated heterocycles. The van der Waals surface area contributed by atoms with Gasteiger partial charge in [-0.1, -0.05) is 0 Å². The molecule has 0 aromatic rings. The Kier molecular flexibility index (Phi) is 4.67. The Hall–Kier alpha value is -1.31. The smallest absolute Gasteiger partial charge is 0.410 e. The summed E-state index contributed by atoms with van der Waals surface area (Å²) in [6.07, 6.45) is 0.584. The van der Waals surface area contributed by atoms with Crippen LogP contribution in [0, 0.1) is 5.92 Å². The van der Waals surface area contributed by atoms with Crippen LogP contribution < -0.4 is 0 Å². The maximum atomic E-state index is 12.5. The summed E-state index contributed by atoms with van der Waals surface area (Å²) in [6, 6.07) is 0. The van der Waals surface area contributed by atoms with Crippen molar-refractivity contribution in [3.05, 3.63) is 0 Å². The maximum absolute atomic E-state index is 12.5. The Morgan fingerprint density at radius 1 is 1.22 bits per heavy atom. The number of carbonyl (C=O) groups excluding carboxylic acids is 1. The van der Waals surface area contributed by atoms with E-state index in [2.05, 4.69) is 0 Å². The SMILES string of the molecule is CC(C)(C)OC(=O)N1CCCC2(CC1)C(C(=O)O)CCS2(=O)=O. The minimum atomic E-state index is -3.47. The van der Waals surface area contributed by atoms with Crippen LogP contribution in [0.3, 0.4) is 0 Å². The van der Waals surface area contributed by atoms with Crippen LogP contribution in [0.15, 0.2) is 0 Å². The number of sulfone groups is 1. The summed E-state index contributed by atoms with van der Waals surface area (Å²) in [6.45, 7) is 5.90. The van der Waals surface area contributed by atoms with Crippen LogP contribution in [0.1, 0.15) is 46.5 Å². The highest BCUT2D eigenvalue weighted by molar-refractivity contribution is 7.93. The molecule has 0 aliphatic carbocycles. The molecule has 2 heterocycles. The summed E-state index contributed by atoms with van der Waals surface area (Å²) in [7, 11) is -3.47. The number of rotatable bonds is 1. The number of hydrogen-bond acceptors (Lipinski definition) is 5. The third kappa shape index (κ3) is 3.46. The number of likely N-dealkylation sites (tertiary alicyclic amines) is 1. The third-order valence-corrected chi connectivity index (χ3v) is 7.42. The zero-order valence-electron chi connectivity index (χ0n) is 13.9. The Labute approximate surface area is 136 Å². The highest BCUT2D eigenvalue weighted by atomic mass is 32.2. The number of amides is 1. The second-order valence-corrected chi connectivity index (χ2v) is 9.83. The van der Waals surface area contributed by atoms with E-state index >= 15 is 0 Å². The monoisotopic (exact) mass is 347 g/mol. The summed E-state index contributed by atoms with van der Waals surface area (Å²) in [5.74, 6) is -2.03. The van der Waals surface area contributed by atoms with Gasteiger partial charge in [0, 0.05) is 13.1 Å². The number of aliphatic carboxylic acids is 1. The van der Waals surface area contributed by atoms with Gasteiger partial charge in [-0.25, -0.2) is 13.2 Å². The molecular formula is C15H25NO6S. The van der Waals surface area contributed by atoms with Gasteiger partial charge < -0.3 is 14.7 Å². The van der Waals surface area contributed by atoms with E-state index in [0.717, 1.165) is 0 Å². The van der Waals surface area contributed by atoms with E-state index in [-0.39, 0.29) is 31.6 Å². The summed E-state index contributed by atoms with van der Waals surface area (Å²) in [5.41, 5.74) is -0.621. The molecule has 0 saturated carbocycles. The van der Waals surface area contributed by atoms with Gasteiger partial charge in [-0.3, -0.25) is 4.79 Å². The Balaban J connectivity index is 2.19. The first-order valence-electron chi connectivity index (χ1n) is 7.92. The molecule has 2 atom stereocenters. The largest absolute Gasteiger partial charge is 0.481 e. The van der Waals surface area contributed by atoms with Crippen molar-refractivity contribution >= 4 is 21.9 Å². The minimum Gasteiger partial charge on any atom is -0.481 e. The van der Waals surface area contributed by atoms with Crippen molar-refractivity contribution < 1.29 is 27.9 Å². The highest BCUT2D eigenvalue weighted by Crippen LogP contribution is 2.45. The molecule has 0 radical (unpaired) electrons. The first kappa shape index (κ1) is 18.0. The van der Waals surface area contributed by atoms with E-state index in [1.54, 1.807) is 20.8 Å². The Morgan fingerprint density at radius 3 is 2.43 bits per heavy atom. The zero-order valence-corrected chi connectivity index (χ0v) is 14.7. The molecule has 7 nitrogen and oxygen atoms in total. The predicted molar refractivity (Wildman–Crippen MR) is 83.9 cm³/mol. The first-order valence-corrected chi connectivity index (χ1v) is 9.57. The average molecular weight is 347 g/mol. The molecule has 1 spiro atoms. The number of ether oxygens (including phenoxy) is 1. The van der Waals surface area contributed by atoms with Gasteiger partial charge in [-0.2, -0.15) is 0 Å². The molecule has 132 valence electrons. The molecule has 2 aliphatic heterocycles. The lowest BCUT2D eigenvalue weighted by Gasteiger charge is -2.31. The highest BCUT2D eigenvalue weighted by Gasteiger charge is 2.57. The Morgan fingerprint density at radius 2 is 1.87 bits per heavy atom. The first-order chi connectivity index (χ1) is 10.5. The van der Waals surface area contributed by atoms with Gasteiger partial charge in [0.2, 0.25) is 0 Å². The normalized spacial score (nSPS) is 30.9. The molecule has 1 N–H and O–H groups in total. The van der Waals surface area contributed by atoms with Crippen molar-refractivity contribution in [3.63, 3.8) is 0 Å². The average Bonchev–Trinajstić information content (AvgIpc) is 2.55. The van der Waals surface area contributed by atoms with E-state index in [1.165, 1.54) is 4.90 Å². The van der Waals surface area contributed by atoms with Crippen LogP contribution in [-0.2, 0) is 19.4 Å². The fraction of sp³-hybridized carbons (Fsp3) is 0.867. The van der Waals surface area contributed by atoms with Gasteiger partial charge in [0.05, 0.1) is 16.4 Å². The van der Waals surface area contributed by atoms with Gasteiger partial charge in [0.1, 0.15) is 5.60 Å². The molecule has 0 bridgehead atoms. The van der Waals surface area contributed by atoms with E-state index in [4.69, 9.17) is 4.74 Å². The zero-order chi connectivity index (χ0) is 17.5. The van der Waals surface area contributed by atoms with E-state index in [1.807, 2.05) is 0 Å². The van der Waals surface area contributed by atoms with E-state index < -0.39 is 38.2 Å². The van der Waals surface area contributed by atoms with Crippen molar-refractivity contribution in [3.8, 4) is 0 Å². The second-order valence-electron chi connectivity index (χ2n) is 7.38. The minimum absolute atomic E-state index is 0.0869. The van der Waals surface area contributed by atoms with Crippen LogP contribution in [-0.4, -0.2) is 59.7 Å². The summed E-state index contributed by atoms with van der Waals surface area (Å²) in [4.78, 5) is 25.2. The van der Waals surface area contributed by atoms with E-state index in [0.29, 0.717) is 13.0 Å². The number of hydrogen-bond donors (Lipinski definition) is 1. The molecule has 0 aromatic carbocycles. The lowest BCUT2D eigenvalue weighted by molar-refractivity contribution is -0.142. The molecule has 1 amide bonds. The molecule has 2 unspecified atom stereocenters. The fourth-order valence-corrected chi connectivity index (χ4v) is 6.07. The van der Waals surface area contributed by atoms with Crippen molar-refractivity contribution in [2.24, 2.45) is 5.92 Å². The topological polar surface area (TPSA) is 101 Å². The molecule has 2 rings (SSSR count). The van der Waals surface area contributed by atoms with Crippen molar-refractivity contribution in [2.45, 2.75) is 56.8 Å². The van der Waals surface area contributed by atoms with Crippen molar-refractivity contribution in [1.82, 2.24) is 4.90 Å². The van der Waals surface area contributed by atoms with Gasteiger partial charge >= 0.3 is 12.1 Å². The maximum Gasteiger partial charge on any atom is 0.410 e. The Bertz CT molecular complexity index is 594. The molecule has 0 aromatic heterocycles.